The Hall–Kier alpha value is -2.40. The monoisotopic (exact) mass is 392 g/mol. The molecule has 3 aliphatic rings. The largest absolute Gasteiger partial charge is 0.396 e. The van der Waals surface area contributed by atoms with Crippen molar-refractivity contribution in [3.05, 3.63) is 69.1 Å². The minimum atomic E-state index is -0.319. The third kappa shape index (κ3) is 3.03. The first-order valence-corrected chi connectivity index (χ1v) is 10.8. The first kappa shape index (κ1) is 18.6. The maximum Gasteiger partial charge on any atom is 0.261 e. The number of aliphatic hydroxyl groups is 1. The minimum absolute atomic E-state index is 0.0133. The van der Waals surface area contributed by atoms with E-state index in [1.165, 1.54) is 5.56 Å². The van der Waals surface area contributed by atoms with Crippen LogP contribution in [0, 0.1) is 5.41 Å². The summed E-state index contributed by atoms with van der Waals surface area (Å²) in [6.45, 7) is 0.0629. The molecule has 2 aliphatic heterocycles. The van der Waals surface area contributed by atoms with Gasteiger partial charge in [0, 0.05) is 23.2 Å². The van der Waals surface area contributed by atoms with Crippen molar-refractivity contribution < 1.29 is 9.90 Å². The molecule has 2 aromatic rings. The van der Waals surface area contributed by atoms with Gasteiger partial charge in [-0.05, 0) is 68.6 Å². The van der Waals surface area contributed by atoms with Gasteiger partial charge < -0.3 is 15.0 Å². The van der Waals surface area contributed by atoms with E-state index in [2.05, 4.69) is 17.1 Å². The number of hydrogen-bond donors (Lipinski definition) is 2. The van der Waals surface area contributed by atoms with Crippen LogP contribution in [-0.4, -0.2) is 39.6 Å². The molecule has 3 heterocycles. The summed E-state index contributed by atoms with van der Waals surface area (Å²) in [5.41, 5.74) is 2.99. The minimum Gasteiger partial charge on any atom is -0.396 e. The van der Waals surface area contributed by atoms with Crippen molar-refractivity contribution in [3.63, 3.8) is 0 Å². The van der Waals surface area contributed by atoms with Crippen molar-refractivity contribution in [1.29, 1.82) is 0 Å². The average Bonchev–Trinajstić information content (AvgIpc) is 3.29. The molecule has 1 aliphatic carbocycles. The molecule has 2 saturated heterocycles. The number of aromatic amines is 1. The van der Waals surface area contributed by atoms with E-state index in [9.17, 15) is 14.7 Å². The SMILES string of the molecule is O=C(c1cc2c([nH]c1=O)CCCC2)N1[C@@H]2CC[C@H]1[C@](CO)(Cc1ccccc1)C2. The number of aryl methyl sites for hydroxylation is 2. The number of fused-ring (bicyclic) bond motifs is 3. The molecule has 1 aromatic heterocycles. The van der Waals surface area contributed by atoms with Crippen molar-refractivity contribution in [3.8, 4) is 0 Å². The number of rotatable bonds is 4. The van der Waals surface area contributed by atoms with E-state index in [0.717, 1.165) is 62.6 Å². The summed E-state index contributed by atoms with van der Waals surface area (Å²) in [7, 11) is 0. The van der Waals surface area contributed by atoms with Crippen molar-refractivity contribution in [2.45, 2.75) is 63.5 Å². The average molecular weight is 392 g/mol. The quantitative estimate of drug-likeness (QED) is 0.840. The van der Waals surface area contributed by atoms with Gasteiger partial charge in [0.1, 0.15) is 5.56 Å². The Labute approximate surface area is 170 Å². The summed E-state index contributed by atoms with van der Waals surface area (Å²) < 4.78 is 0. The van der Waals surface area contributed by atoms with Gasteiger partial charge in [-0.15, -0.1) is 0 Å². The molecule has 0 saturated carbocycles. The molecule has 0 unspecified atom stereocenters. The fraction of sp³-hybridized carbons (Fsp3) is 0.500. The van der Waals surface area contributed by atoms with Gasteiger partial charge in [-0.2, -0.15) is 0 Å². The van der Waals surface area contributed by atoms with E-state index in [0.29, 0.717) is 0 Å². The van der Waals surface area contributed by atoms with Crippen molar-refractivity contribution in [2.75, 3.05) is 6.61 Å². The highest BCUT2D eigenvalue weighted by Crippen LogP contribution is 2.51. The van der Waals surface area contributed by atoms with Gasteiger partial charge in [0.05, 0.1) is 6.61 Å². The number of benzene rings is 1. The third-order valence-corrected chi connectivity index (χ3v) is 7.37. The highest BCUT2D eigenvalue weighted by atomic mass is 16.3. The lowest BCUT2D eigenvalue weighted by atomic mass is 9.70. The normalized spacial score (nSPS) is 27.8. The number of carbonyl (C=O) groups is 1. The van der Waals surface area contributed by atoms with Crippen molar-refractivity contribution >= 4 is 5.91 Å². The molecule has 5 nitrogen and oxygen atoms in total. The number of H-pyrrole nitrogens is 1. The Kier molecular flexibility index (Phi) is 4.58. The van der Waals surface area contributed by atoms with Crippen molar-refractivity contribution in [2.24, 2.45) is 5.41 Å². The van der Waals surface area contributed by atoms with Crippen LogP contribution in [0.3, 0.4) is 0 Å². The van der Waals surface area contributed by atoms with Crippen LogP contribution in [-0.2, 0) is 19.3 Å². The Morgan fingerprint density at radius 1 is 1.17 bits per heavy atom. The van der Waals surface area contributed by atoms with Crippen LogP contribution in [0.2, 0.25) is 0 Å². The van der Waals surface area contributed by atoms with Gasteiger partial charge in [-0.25, -0.2) is 0 Å². The van der Waals surface area contributed by atoms with Gasteiger partial charge in [0.25, 0.3) is 11.5 Å². The van der Waals surface area contributed by atoms with E-state index in [4.69, 9.17) is 0 Å². The fourth-order valence-electron chi connectivity index (χ4n) is 5.99. The van der Waals surface area contributed by atoms with Crippen LogP contribution in [0.4, 0.5) is 0 Å². The Morgan fingerprint density at radius 2 is 1.97 bits per heavy atom. The lowest BCUT2D eigenvalue weighted by Crippen LogP contribution is -2.45. The number of aliphatic hydroxyl groups excluding tert-OH is 1. The second kappa shape index (κ2) is 7.13. The van der Waals surface area contributed by atoms with Crippen molar-refractivity contribution in [1.82, 2.24) is 9.88 Å². The Bertz CT molecular complexity index is 983. The van der Waals surface area contributed by atoms with E-state index >= 15 is 0 Å². The van der Waals surface area contributed by atoms with Crippen LogP contribution in [0.15, 0.2) is 41.2 Å². The number of amides is 1. The van der Waals surface area contributed by atoms with Gasteiger partial charge in [-0.1, -0.05) is 30.3 Å². The second-order valence-corrected chi connectivity index (χ2v) is 9.07. The zero-order chi connectivity index (χ0) is 20.0. The number of aromatic nitrogens is 1. The lowest BCUT2D eigenvalue weighted by molar-refractivity contribution is 0.0569. The number of nitrogens with zero attached hydrogens (tertiary/aromatic N) is 1. The van der Waals surface area contributed by atoms with Crippen LogP contribution in [0.25, 0.3) is 0 Å². The highest BCUT2D eigenvalue weighted by molar-refractivity contribution is 5.95. The summed E-state index contributed by atoms with van der Waals surface area (Å²) >= 11 is 0. The first-order valence-electron chi connectivity index (χ1n) is 10.8. The van der Waals surface area contributed by atoms with Crippen LogP contribution in [0.1, 0.15) is 59.3 Å². The zero-order valence-electron chi connectivity index (χ0n) is 16.7. The molecular formula is C24H28N2O3. The molecule has 5 heteroatoms. The Morgan fingerprint density at radius 3 is 2.76 bits per heavy atom. The standard InChI is InChI=1S/C24H28N2O3/c27-15-24(13-16-6-2-1-3-7-16)14-18-10-11-21(24)26(18)23(29)19-12-17-8-4-5-9-20(17)25-22(19)28/h1-3,6-7,12,18,21,27H,4-5,8-11,13-15H2,(H,25,28)/t18-,21+,24-/m1/s1. The molecule has 0 radical (unpaired) electrons. The predicted molar refractivity (Wildman–Crippen MR) is 111 cm³/mol. The predicted octanol–water partition coefficient (Wildman–Crippen LogP) is 2.85. The lowest BCUT2D eigenvalue weighted by Gasteiger charge is -2.36. The number of hydrogen-bond acceptors (Lipinski definition) is 3. The summed E-state index contributed by atoms with van der Waals surface area (Å²) in [6, 6.07) is 12.1. The first-order chi connectivity index (χ1) is 14.1. The molecule has 2 fully saturated rings. The molecular weight excluding hydrogens is 364 g/mol. The molecule has 1 aromatic carbocycles. The fourth-order valence-corrected chi connectivity index (χ4v) is 5.99. The highest BCUT2D eigenvalue weighted by Gasteiger charge is 2.57. The van der Waals surface area contributed by atoms with E-state index in [1.807, 2.05) is 29.2 Å². The summed E-state index contributed by atoms with van der Waals surface area (Å²) in [5, 5.41) is 10.4. The van der Waals surface area contributed by atoms with Crippen LogP contribution in [0.5, 0.6) is 0 Å². The maximum absolute atomic E-state index is 13.5. The van der Waals surface area contributed by atoms with Gasteiger partial charge in [-0.3, -0.25) is 9.59 Å². The second-order valence-electron chi connectivity index (χ2n) is 9.07. The molecule has 5 rings (SSSR count). The molecule has 152 valence electrons. The maximum atomic E-state index is 13.5. The number of nitrogens with one attached hydrogen (secondary N) is 1. The van der Waals surface area contributed by atoms with Crippen LogP contribution < -0.4 is 5.56 Å². The zero-order valence-corrected chi connectivity index (χ0v) is 16.7. The molecule has 3 atom stereocenters. The van der Waals surface area contributed by atoms with E-state index in [-0.39, 0.29) is 41.1 Å². The molecule has 0 spiro atoms. The van der Waals surface area contributed by atoms with Crippen LogP contribution >= 0.6 is 0 Å². The summed E-state index contributed by atoms with van der Waals surface area (Å²) in [6.07, 6.45) is 7.42. The molecule has 29 heavy (non-hydrogen) atoms. The smallest absolute Gasteiger partial charge is 0.261 e. The Balaban J connectivity index is 1.46. The third-order valence-electron chi connectivity index (χ3n) is 7.37. The van der Waals surface area contributed by atoms with E-state index in [1.54, 1.807) is 0 Å². The van der Waals surface area contributed by atoms with Gasteiger partial charge >= 0.3 is 0 Å². The van der Waals surface area contributed by atoms with Gasteiger partial charge in [0.15, 0.2) is 0 Å². The van der Waals surface area contributed by atoms with Gasteiger partial charge in [0.2, 0.25) is 0 Å². The number of pyridine rings is 1. The van der Waals surface area contributed by atoms with E-state index < -0.39 is 0 Å². The topological polar surface area (TPSA) is 73.4 Å². The summed E-state index contributed by atoms with van der Waals surface area (Å²) in [4.78, 5) is 31.1. The number of carbonyl (C=O) groups excluding carboxylic acids is 1. The molecule has 1 amide bonds. The summed E-state index contributed by atoms with van der Waals surface area (Å²) in [5.74, 6) is -0.157. The molecule has 2 N–H and O–H groups in total. The molecule has 2 bridgehead atoms.